The van der Waals surface area contributed by atoms with E-state index >= 15 is 0 Å². The Hall–Kier alpha value is -3.92. The summed E-state index contributed by atoms with van der Waals surface area (Å²) in [6.07, 6.45) is 5.99. The number of carbonyl (C=O) groups excluding carboxylic acids is 1. The van der Waals surface area contributed by atoms with Gasteiger partial charge in [0.25, 0.3) is 0 Å². The van der Waals surface area contributed by atoms with E-state index in [1.54, 1.807) is 26.2 Å². The second-order valence-corrected chi connectivity index (χ2v) is 12.9. The summed E-state index contributed by atoms with van der Waals surface area (Å²) in [5.41, 5.74) is 3.16. The van der Waals surface area contributed by atoms with Crippen molar-refractivity contribution in [3.8, 4) is 11.3 Å². The second-order valence-electron chi connectivity index (χ2n) is 12.9. The number of nitrogens with one attached hydrogen (secondary N) is 2. The third-order valence-corrected chi connectivity index (χ3v) is 8.40. The molecular weight excluding hydrogens is 536 g/mol. The number of fused-ring (bicyclic) bond motifs is 2. The van der Waals surface area contributed by atoms with Crippen molar-refractivity contribution in [3.05, 3.63) is 60.4 Å². The van der Waals surface area contributed by atoms with Crippen LogP contribution >= 0.6 is 0 Å². The molecule has 2 N–H and O–H groups in total. The lowest BCUT2D eigenvalue weighted by atomic mass is 9.84. The molecule has 0 radical (unpaired) electrons. The number of anilines is 3. The average molecular weight is 574 g/mol. The van der Waals surface area contributed by atoms with Crippen molar-refractivity contribution in [3.63, 3.8) is 0 Å². The Kier molecular flexibility index (Phi) is 6.79. The van der Waals surface area contributed by atoms with Gasteiger partial charge in [-0.2, -0.15) is 0 Å². The molecule has 0 saturated heterocycles. The fraction of sp³-hybridized carbons (Fsp3) is 0.438. The summed E-state index contributed by atoms with van der Waals surface area (Å²) in [7, 11) is 0. The van der Waals surface area contributed by atoms with Gasteiger partial charge in [-0.25, -0.2) is 18.7 Å². The molecule has 0 spiro atoms. The van der Waals surface area contributed by atoms with Gasteiger partial charge in [-0.1, -0.05) is 12.1 Å². The van der Waals surface area contributed by atoms with Crippen molar-refractivity contribution in [1.82, 2.24) is 24.8 Å². The van der Waals surface area contributed by atoms with Crippen molar-refractivity contribution in [1.29, 1.82) is 0 Å². The molecule has 10 heteroatoms. The molecule has 2 aliphatic rings. The maximum atomic E-state index is 14.6. The van der Waals surface area contributed by atoms with Crippen LogP contribution in [-0.2, 0) is 10.2 Å². The smallest absolute Gasteiger partial charge is 0.237 e. The molecule has 1 saturated carbocycles. The van der Waals surface area contributed by atoms with Crippen LogP contribution in [0.3, 0.4) is 0 Å². The molecule has 1 aromatic carbocycles. The highest BCUT2D eigenvalue weighted by molar-refractivity contribution is 6.08. The first-order valence-corrected chi connectivity index (χ1v) is 14.5. The Bertz CT molecular complexity index is 1670. The minimum absolute atomic E-state index is 0.0394. The molecule has 1 amide bonds. The molecular formula is C32H37F2N7O. The number of pyridine rings is 2. The number of aromatic nitrogens is 4. The third kappa shape index (κ3) is 4.91. The first-order chi connectivity index (χ1) is 19.8. The van der Waals surface area contributed by atoms with Crippen LogP contribution < -0.4 is 15.5 Å². The number of benzene rings is 1. The lowest BCUT2D eigenvalue weighted by molar-refractivity contribution is -0.123. The Morgan fingerprint density at radius 1 is 1.17 bits per heavy atom. The lowest BCUT2D eigenvalue weighted by Crippen LogP contribution is -2.56. The number of alkyl halides is 1. The topological polar surface area (TPSA) is 88.0 Å². The van der Waals surface area contributed by atoms with Gasteiger partial charge in [-0.05, 0) is 78.1 Å². The quantitative estimate of drug-likeness (QED) is 0.252. The van der Waals surface area contributed by atoms with Crippen LogP contribution in [-0.4, -0.2) is 49.7 Å². The van der Waals surface area contributed by atoms with Crippen molar-refractivity contribution in [2.24, 2.45) is 0 Å². The van der Waals surface area contributed by atoms with Gasteiger partial charge in [-0.3, -0.25) is 9.78 Å². The van der Waals surface area contributed by atoms with E-state index in [2.05, 4.69) is 34.4 Å². The number of imidazole rings is 1. The molecule has 3 aromatic heterocycles. The minimum Gasteiger partial charge on any atom is -0.336 e. The van der Waals surface area contributed by atoms with E-state index < -0.39 is 16.9 Å². The van der Waals surface area contributed by atoms with E-state index in [1.807, 2.05) is 47.6 Å². The standard InChI is InChI=1S/C32H37F2N7O/c1-18(2)40-17-37-26-14-25(39-29(28(26)40)38-24-9-10-35-15-23(24)33)19-7-8-22-27(11-19)41(30(42)32(22,5)6)21-12-20(13-21)36-16-31(3,4)34/h7-11,14-15,17-18,20-21,36H,12-13,16H2,1-6H3,(H,35,38,39). The summed E-state index contributed by atoms with van der Waals surface area (Å²) in [6, 6.07) is 9.85. The van der Waals surface area contributed by atoms with Crippen molar-refractivity contribution in [2.45, 2.75) is 83.6 Å². The SMILES string of the molecule is CC(C)n1cnc2cc(-c3ccc4c(c3)N(C3CC(NCC(C)(C)F)C3)C(=O)C4(C)C)nc(Nc3ccncc3F)c21. The Balaban J connectivity index is 1.38. The van der Waals surface area contributed by atoms with Crippen LogP contribution in [0.1, 0.15) is 66.0 Å². The van der Waals surface area contributed by atoms with Crippen molar-refractivity contribution in [2.75, 3.05) is 16.8 Å². The van der Waals surface area contributed by atoms with Crippen LogP contribution in [0, 0.1) is 5.82 Å². The van der Waals surface area contributed by atoms with Crippen molar-refractivity contribution < 1.29 is 13.6 Å². The number of hydrogen-bond donors (Lipinski definition) is 2. The zero-order valence-electron chi connectivity index (χ0n) is 24.9. The Labute approximate surface area is 244 Å². The summed E-state index contributed by atoms with van der Waals surface area (Å²) < 4.78 is 30.6. The van der Waals surface area contributed by atoms with E-state index in [4.69, 9.17) is 4.98 Å². The molecule has 0 bridgehead atoms. The summed E-state index contributed by atoms with van der Waals surface area (Å²) >= 11 is 0. The summed E-state index contributed by atoms with van der Waals surface area (Å²) in [5.74, 6) is 0.0699. The minimum atomic E-state index is -1.28. The van der Waals surface area contributed by atoms with Crippen molar-refractivity contribution >= 4 is 34.1 Å². The zero-order valence-corrected chi connectivity index (χ0v) is 24.9. The normalized spacial score (nSPS) is 19.8. The van der Waals surface area contributed by atoms with E-state index in [-0.39, 0.29) is 36.3 Å². The van der Waals surface area contributed by atoms with E-state index in [0.717, 1.165) is 46.9 Å². The van der Waals surface area contributed by atoms with E-state index in [0.29, 0.717) is 11.5 Å². The fourth-order valence-electron chi connectivity index (χ4n) is 5.95. The predicted molar refractivity (Wildman–Crippen MR) is 161 cm³/mol. The molecule has 220 valence electrons. The molecule has 4 heterocycles. The largest absolute Gasteiger partial charge is 0.336 e. The second kappa shape index (κ2) is 10.1. The summed E-state index contributed by atoms with van der Waals surface area (Å²) in [4.78, 5) is 29.1. The first-order valence-electron chi connectivity index (χ1n) is 14.5. The van der Waals surface area contributed by atoms with Crippen LogP contribution in [0.25, 0.3) is 22.3 Å². The molecule has 1 fully saturated rings. The molecule has 0 atom stereocenters. The molecule has 8 nitrogen and oxygen atoms in total. The van der Waals surface area contributed by atoms with Gasteiger partial charge >= 0.3 is 0 Å². The lowest BCUT2D eigenvalue weighted by Gasteiger charge is -2.43. The van der Waals surface area contributed by atoms with Gasteiger partial charge in [0.05, 0.1) is 34.8 Å². The fourth-order valence-corrected chi connectivity index (χ4v) is 5.95. The monoisotopic (exact) mass is 573 g/mol. The van der Waals surface area contributed by atoms with Gasteiger partial charge in [0.1, 0.15) is 11.2 Å². The zero-order chi connectivity index (χ0) is 30.0. The van der Waals surface area contributed by atoms with Crippen LogP contribution in [0.15, 0.2) is 49.1 Å². The summed E-state index contributed by atoms with van der Waals surface area (Å²) in [6.45, 7) is 11.4. The number of rotatable bonds is 8. The van der Waals surface area contributed by atoms with Crippen LogP contribution in [0.2, 0.25) is 0 Å². The maximum absolute atomic E-state index is 14.6. The number of halogens is 2. The number of amides is 1. The first kappa shape index (κ1) is 28.2. The van der Waals surface area contributed by atoms with Gasteiger partial charge in [-0.15, -0.1) is 0 Å². The molecule has 0 unspecified atom stereocenters. The highest BCUT2D eigenvalue weighted by atomic mass is 19.1. The predicted octanol–water partition coefficient (Wildman–Crippen LogP) is 6.45. The van der Waals surface area contributed by atoms with Gasteiger partial charge in [0.2, 0.25) is 5.91 Å². The number of nitrogens with zero attached hydrogens (tertiary/aromatic N) is 5. The maximum Gasteiger partial charge on any atom is 0.237 e. The molecule has 1 aliphatic heterocycles. The van der Waals surface area contributed by atoms with E-state index in [1.165, 1.54) is 6.20 Å². The highest BCUT2D eigenvalue weighted by Crippen LogP contribution is 2.47. The Morgan fingerprint density at radius 3 is 2.62 bits per heavy atom. The molecule has 1 aliphatic carbocycles. The highest BCUT2D eigenvalue weighted by Gasteiger charge is 2.49. The number of hydrogen-bond acceptors (Lipinski definition) is 6. The number of carbonyl (C=O) groups is 1. The van der Waals surface area contributed by atoms with Crippen LogP contribution in [0.4, 0.5) is 26.0 Å². The van der Waals surface area contributed by atoms with E-state index in [9.17, 15) is 13.6 Å². The van der Waals surface area contributed by atoms with Gasteiger partial charge in [0.15, 0.2) is 11.6 Å². The average Bonchev–Trinajstić information content (AvgIpc) is 3.42. The summed E-state index contributed by atoms with van der Waals surface area (Å²) in [5, 5.41) is 6.46. The third-order valence-electron chi connectivity index (χ3n) is 8.40. The molecule has 6 rings (SSSR count). The van der Waals surface area contributed by atoms with Gasteiger partial charge < -0.3 is 20.1 Å². The molecule has 42 heavy (non-hydrogen) atoms. The molecule has 4 aromatic rings. The Morgan fingerprint density at radius 2 is 1.93 bits per heavy atom. The van der Waals surface area contributed by atoms with Crippen LogP contribution in [0.5, 0.6) is 0 Å². The van der Waals surface area contributed by atoms with Gasteiger partial charge in [0, 0.05) is 42.1 Å².